The Hall–Kier alpha value is 0.450. The van der Waals surface area contributed by atoms with Gasteiger partial charge in [0.25, 0.3) is 0 Å². The van der Waals surface area contributed by atoms with Gasteiger partial charge in [-0.05, 0) is 31.1 Å². The predicted octanol–water partition coefficient (Wildman–Crippen LogP) is 4.09. The van der Waals surface area contributed by atoms with Crippen LogP contribution in [0.1, 0.15) is 25.7 Å². The molecule has 0 heterocycles. The molecule has 2 fully saturated rings. The predicted molar refractivity (Wildman–Crippen MR) is 52.9 cm³/mol. The fourth-order valence-electron chi connectivity index (χ4n) is 2.90. The van der Waals surface area contributed by atoms with Crippen molar-refractivity contribution in [3.05, 3.63) is 0 Å². The first-order valence-corrected chi connectivity index (χ1v) is 5.85. The van der Waals surface area contributed by atoms with Gasteiger partial charge in [0.05, 0.1) is 0 Å². The number of alkyl halides is 5. The summed E-state index contributed by atoms with van der Waals surface area (Å²) in [5.41, 5.74) is 0. The quantitative estimate of drug-likeness (QED) is 0.408. The van der Waals surface area contributed by atoms with Gasteiger partial charge in [0.2, 0.25) is 0 Å². The van der Waals surface area contributed by atoms with E-state index in [-0.39, 0.29) is 18.3 Å². The Labute approximate surface area is 93.6 Å². The van der Waals surface area contributed by atoms with Crippen molar-refractivity contribution in [2.45, 2.75) is 35.5 Å². The van der Waals surface area contributed by atoms with Crippen LogP contribution < -0.4 is 0 Å². The van der Waals surface area contributed by atoms with Crippen molar-refractivity contribution in [1.29, 1.82) is 0 Å². The molecule has 82 valence electrons. The summed E-state index contributed by atoms with van der Waals surface area (Å²) in [5.74, 6) is -4.81. The highest BCUT2D eigenvalue weighted by atomic mass is 127. The van der Waals surface area contributed by atoms with Crippen LogP contribution in [0, 0.1) is 17.8 Å². The van der Waals surface area contributed by atoms with E-state index in [2.05, 4.69) is 0 Å². The second-order valence-electron chi connectivity index (χ2n) is 4.40. The summed E-state index contributed by atoms with van der Waals surface area (Å²) in [6.07, 6.45) is 2.67. The van der Waals surface area contributed by atoms with E-state index in [1.165, 1.54) is 0 Å². The van der Waals surface area contributed by atoms with Crippen LogP contribution in [-0.4, -0.2) is 9.85 Å². The van der Waals surface area contributed by atoms with E-state index in [0.29, 0.717) is 29.0 Å². The molecule has 0 nitrogen and oxygen atoms in total. The van der Waals surface area contributed by atoms with Gasteiger partial charge in [-0.15, -0.1) is 0 Å². The molecule has 0 aromatic rings. The molecule has 0 spiro atoms. The van der Waals surface area contributed by atoms with Crippen molar-refractivity contribution >= 4 is 22.6 Å². The Morgan fingerprint density at radius 2 is 1.64 bits per heavy atom. The molecule has 0 aromatic heterocycles. The van der Waals surface area contributed by atoms with E-state index >= 15 is 0 Å². The fourth-order valence-corrected chi connectivity index (χ4v) is 3.30. The largest absolute Gasteiger partial charge is 0.358 e. The Balaban J connectivity index is 2.16. The minimum atomic E-state index is -3.90. The zero-order valence-electron chi connectivity index (χ0n) is 7.45. The first-order chi connectivity index (χ1) is 6.32. The standard InChI is InChI=1S/C9H11F4I/c10-8(11,9(12,13)14)7-4-5-1-2-6(7)3-5/h5-7H,1-4H2. The third-order valence-corrected chi connectivity index (χ3v) is 4.30. The summed E-state index contributed by atoms with van der Waals surface area (Å²) >= 11 is 0.567. The van der Waals surface area contributed by atoms with E-state index in [1.807, 2.05) is 0 Å². The Morgan fingerprint density at radius 3 is 2.00 bits per heavy atom. The lowest BCUT2D eigenvalue weighted by Gasteiger charge is -2.32. The molecule has 2 bridgehead atoms. The summed E-state index contributed by atoms with van der Waals surface area (Å²) in [7, 11) is 0. The van der Waals surface area contributed by atoms with Crippen molar-refractivity contribution < 1.29 is 17.6 Å². The molecular formula is C9H11F4I. The van der Waals surface area contributed by atoms with Gasteiger partial charge >= 0.3 is 9.85 Å². The van der Waals surface area contributed by atoms with Gasteiger partial charge < -0.3 is 0 Å². The van der Waals surface area contributed by atoms with Crippen LogP contribution in [0.25, 0.3) is 0 Å². The van der Waals surface area contributed by atoms with Crippen LogP contribution in [0.15, 0.2) is 0 Å². The Bertz CT molecular complexity index is 235. The number of rotatable bonds is 2. The highest BCUT2D eigenvalue weighted by Crippen LogP contribution is 2.58. The summed E-state index contributed by atoms with van der Waals surface area (Å²) in [5, 5.41) is 0. The normalized spacial score (nSPS) is 37.9. The van der Waals surface area contributed by atoms with Gasteiger partial charge in [-0.3, -0.25) is 0 Å². The highest BCUT2D eigenvalue weighted by molar-refractivity contribution is 14.1. The van der Waals surface area contributed by atoms with Crippen molar-refractivity contribution in [2.75, 3.05) is 0 Å². The molecule has 0 aliphatic heterocycles. The third kappa shape index (κ3) is 1.55. The maximum absolute atomic E-state index is 13.3. The zero-order chi connectivity index (χ0) is 10.6. The van der Waals surface area contributed by atoms with Crippen LogP contribution in [0.3, 0.4) is 0 Å². The van der Waals surface area contributed by atoms with Gasteiger partial charge in [-0.2, -0.15) is 17.6 Å². The van der Waals surface area contributed by atoms with Crippen LogP contribution >= 0.6 is 22.6 Å². The number of halogens is 5. The molecule has 0 saturated heterocycles. The van der Waals surface area contributed by atoms with Gasteiger partial charge in [-0.25, -0.2) is 0 Å². The first kappa shape index (κ1) is 11.0. The number of hydrogen-bond acceptors (Lipinski definition) is 0. The van der Waals surface area contributed by atoms with Gasteiger partial charge in [0.1, 0.15) is 0 Å². The minimum Gasteiger partial charge on any atom is -0.199 e. The van der Waals surface area contributed by atoms with E-state index in [1.54, 1.807) is 0 Å². The first-order valence-electron chi connectivity index (χ1n) is 4.77. The molecule has 14 heavy (non-hydrogen) atoms. The van der Waals surface area contributed by atoms with Crippen molar-refractivity contribution in [3.63, 3.8) is 0 Å². The van der Waals surface area contributed by atoms with Crippen LogP contribution in [0.5, 0.6) is 0 Å². The van der Waals surface area contributed by atoms with Gasteiger partial charge in [0, 0.05) is 28.5 Å². The molecule has 2 aliphatic carbocycles. The SMILES string of the molecule is FC(F)(I)C(F)(F)C1CC2CCC1C2. The number of fused-ring (bicyclic) bond motifs is 2. The second-order valence-corrected chi connectivity index (χ2v) is 5.76. The van der Waals surface area contributed by atoms with Crippen molar-refractivity contribution in [2.24, 2.45) is 17.8 Å². The average molecular weight is 322 g/mol. The molecular weight excluding hydrogens is 311 g/mol. The monoisotopic (exact) mass is 322 g/mol. The molecule has 2 rings (SSSR count). The molecule has 2 aliphatic rings. The topological polar surface area (TPSA) is 0 Å². The summed E-state index contributed by atoms with van der Waals surface area (Å²) in [6, 6.07) is 0. The summed E-state index contributed by atoms with van der Waals surface area (Å²) < 4.78 is 48.2. The van der Waals surface area contributed by atoms with Crippen molar-refractivity contribution in [1.82, 2.24) is 0 Å². The van der Waals surface area contributed by atoms with Crippen LogP contribution in [-0.2, 0) is 0 Å². The van der Waals surface area contributed by atoms with E-state index < -0.39 is 15.8 Å². The third-order valence-electron chi connectivity index (χ3n) is 3.58. The molecule has 0 N–H and O–H groups in total. The lowest BCUT2D eigenvalue weighted by atomic mass is 9.84. The zero-order valence-corrected chi connectivity index (χ0v) is 9.61. The molecule has 2 saturated carbocycles. The lowest BCUT2D eigenvalue weighted by Crippen LogP contribution is -2.44. The van der Waals surface area contributed by atoms with Crippen LogP contribution in [0.2, 0.25) is 0 Å². The Kier molecular flexibility index (Phi) is 2.52. The Morgan fingerprint density at radius 1 is 1.00 bits per heavy atom. The molecule has 0 radical (unpaired) electrons. The molecule has 3 atom stereocenters. The highest BCUT2D eigenvalue weighted by Gasteiger charge is 2.63. The summed E-state index contributed by atoms with van der Waals surface area (Å²) in [6.45, 7) is 0. The van der Waals surface area contributed by atoms with E-state index in [4.69, 9.17) is 0 Å². The maximum Gasteiger partial charge on any atom is 0.358 e. The van der Waals surface area contributed by atoms with E-state index in [9.17, 15) is 17.6 Å². The smallest absolute Gasteiger partial charge is 0.199 e. The van der Waals surface area contributed by atoms with Gasteiger partial charge in [-0.1, -0.05) is 6.42 Å². The lowest BCUT2D eigenvalue weighted by molar-refractivity contribution is -0.186. The molecule has 0 aromatic carbocycles. The fraction of sp³-hybridized carbons (Fsp3) is 1.00. The van der Waals surface area contributed by atoms with E-state index in [0.717, 1.165) is 12.8 Å². The van der Waals surface area contributed by atoms with Crippen molar-refractivity contribution in [3.8, 4) is 0 Å². The molecule has 5 heteroatoms. The molecule has 0 amide bonds. The summed E-state index contributed by atoms with van der Waals surface area (Å²) in [4.78, 5) is 0. The maximum atomic E-state index is 13.3. The average Bonchev–Trinajstić information content (AvgIpc) is 2.61. The van der Waals surface area contributed by atoms with Crippen LogP contribution in [0.4, 0.5) is 17.6 Å². The van der Waals surface area contributed by atoms with Gasteiger partial charge in [0.15, 0.2) is 0 Å². The number of hydrogen-bond donors (Lipinski definition) is 0. The second kappa shape index (κ2) is 3.22. The molecule has 3 unspecified atom stereocenters. The minimum absolute atomic E-state index is 0.171.